The van der Waals surface area contributed by atoms with E-state index in [1.165, 1.54) is 4.88 Å². The molecule has 1 N–H and O–H groups in total. The van der Waals surface area contributed by atoms with E-state index < -0.39 is 0 Å². The number of fused-ring (bicyclic) bond motifs is 1. The molecule has 2 heterocycles. The van der Waals surface area contributed by atoms with Crippen molar-refractivity contribution in [1.29, 1.82) is 0 Å². The van der Waals surface area contributed by atoms with E-state index in [-0.39, 0.29) is 5.69 Å². The Labute approximate surface area is 96.0 Å². The van der Waals surface area contributed by atoms with E-state index >= 15 is 0 Å². The molecule has 4 heteroatoms. The van der Waals surface area contributed by atoms with Crippen molar-refractivity contribution in [2.45, 2.75) is 6.92 Å². The molecule has 0 saturated heterocycles. The van der Waals surface area contributed by atoms with Crippen LogP contribution in [-0.4, -0.2) is 9.55 Å². The van der Waals surface area contributed by atoms with Gasteiger partial charge in [-0.1, -0.05) is 12.1 Å². The Morgan fingerprint density at radius 1 is 1.19 bits per heavy atom. The van der Waals surface area contributed by atoms with Gasteiger partial charge in [0.15, 0.2) is 0 Å². The quantitative estimate of drug-likeness (QED) is 0.685. The zero-order valence-corrected chi connectivity index (χ0v) is 9.54. The highest BCUT2D eigenvalue weighted by molar-refractivity contribution is 7.14. The summed E-state index contributed by atoms with van der Waals surface area (Å²) in [7, 11) is 0. The first-order valence-corrected chi connectivity index (χ1v) is 5.84. The molecule has 1 aromatic carbocycles. The molecule has 0 radical (unpaired) electrons. The normalized spacial score (nSPS) is 11.1. The summed E-state index contributed by atoms with van der Waals surface area (Å²) in [5, 5.41) is 0.958. The number of thiophene rings is 1. The highest BCUT2D eigenvalue weighted by atomic mass is 32.1. The van der Waals surface area contributed by atoms with Gasteiger partial charge in [0.1, 0.15) is 5.00 Å². The minimum Gasteiger partial charge on any atom is -0.305 e. The molecule has 0 aliphatic rings. The van der Waals surface area contributed by atoms with Crippen LogP contribution >= 0.6 is 11.3 Å². The fraction of sp³-hybridized carbons (Fsp3) is 0.0833. The van der Waals surface area contributed by atoms with Gasteiger partial charge in [-0.3, -0.25) is 4.57 Å². The zero-order valence-electron chi connectivity index (χ0n) is 8.73. The van der Waals surface area contributed by atoms with Crippen LogP contribution in [0.3, 0.4) is 0 Å². The van der Waals surface area contributed by atoms with Gasteiger partial charge in [-0.05, 0) is 31.2 Å². The van der Waals surface area contributed by atoms with Crippen molar-refractivity contribution in [3.05, 3.63) is 51.8 Å². The number of hydrogen-bond donors (Lipinski definition) is 1. The Hall–Kier alpha value is -1.81. The predicted octanol–water partition coefficient (Wildman–Crippen LogP) is 2.69. The minimum absolute atomic E-state index is 0.0805. The van der Waals surface area contributed by atoms with Gasteiger partial charge in [0.2, 0.25) is 0 Å². The molecule has 0 aliphatic carbocycles. The highest BCUT2D eigenvalue weighted by Crippen LogP contribution is 2.22. The summed E-state index contributed by atoms with van der Waals surface area (Å²) >= 11 is 1.62. The predicted molar refractivity (Wildman–Crippen MR) is 66.5 cm³/mol. The van der Waals surface area contributed by atoms with E-state index in [9.17, 15) is 4.79 Å². The van der Waals surface area contributed by atoms with Crippen LogP contribution in [0, 0.1) is 6.92 Å². The molecule has 3 nitrogen and oxygen atoms in total. The number of hydrogen-bond acceptors (Lipinski definition) is 2. The van der Waals surface area contributed by atoms with Gasteiger partial charge in [-0.15, -0.1) is 11.3 Å². The van der Waals surface area contributed by atoms with Crippen LogP contribution in [-0.2, 0) is 0 Å². The van der Waals surface area contributed by atoms with E-state index in [2.05, 4.69) is 4.98 Å². The van der Waals surface area contributed by atoms with Crippen molar-refractivity contribution >= 4 is 22.4 Å². The van der Waals surface area contributed by atoms with Crippen LogP contribution < -0.4 is 5.69 Å². The van der Waals surface area contributed by atoms with Crippen molar-refractivity contribution in [2.75, 3.05) is 0 Å². The molecule has 16 heavy (non-hydrogen) atoms. The van der Waals surface area contributed by atoms with Crippen LogP contribution in [0.5, 0.6) is 0 Å². The number of nitrogens with one attached hydrogen (secondary N) is 1. The standard InChI is InChI=1S/C12H10N2OS/c1-8-6-7-11(16-8)14-10-5-3-2-4-9(10)13-12(14)15/h2-7H,1H3,(H,13,15). The second kappa shape index (κ2) is 3.35. The molecule has 0 atom stereocenters. The van der Waals surface area contributed by atoms with Crippen LogP contribution in [0.4, 0.5) is 0 Å². The van der Waals surface area contributed by atoms with Crippen LogP contribution in [0.1, 0.15) is 4.88 Å². The molecule has 3 rings (SSSR count). The van der Waals surface area contributed by atoms with E-state index in [0.29, 0.717) is 0 Å². The third kappa shape index (κ3) is 1.31. The Bertz CT molecular complexity index is 705. The van der Waals surface area contributed by atoms with Gasteiger partial charge >= 0.3 is 5.69 Å². The summed E-state index contributed by atoms with van der Waals surface area (Å²) in [6, 6.07) is 11.7. The van der Waals surface area contributed by atoms with Crippen molar-refractivity contribution in [3.63, 3.8) is 0 Å². The summed E-state index contributed by atoms with van der Waals surface area (Å²) < 4.78 is 1.72. The van der Waals surface area contributed by atoms with Crippen molar-refractivity contribution < 1.29 is 0 Å². The summed E-state index contributed by atoms with van der Waals surface area (Å²) in [6.07, 6.45) is 0. The van der Waals surface area contributed by atoms with E-state index in [1.807, 2.05) is 43.3 Å². The van der Waals surface area contributed by atoms with Crippen molar-refractivity contribution in [1.82, 2.24) is 9.55 Å². The lowest BCUT2D eigenvalue weighted by Gasteiger charge is -1.97. The minimum atomic E-state index is -0.0805. The third-order valence-electron chi connectivity index (χ3n) is 2.54. The number of H-pyrrole nitrogens is 1. The lowest BCUT2D eigenvalue weighted by atomic mass is 10.3. The monoisotopic (exact) mass is 230 g/mol. The molecule has 0 amide bonds. The lowest BCUT2D eigenvalue weighted by Crippen LogP contribution is -2.13. The average molecular weight is 230 g/mol. The van der Waals surface area contributed by atoms with E-state index in [1.54, 1.807) is 15.9 Å². The van der Waals surface area contributed by atoms with Crippen molar-refractivity contribution in [3.8, 4) is 5.00 Å². The third-order valence-corrected chi connectivity index (χ3v) is 3.52. The topological polar surface area (TPSA) is 37.8 Å². The number of rotatable bonds is 1. The smallest absolute Gasteiger partial charge is 0.305 e. The summed E-state index contributed by atoms with van der Waals surface area (Å²) in [6.45, 7) is 2.04. The summed E-state index contributed by atoms with van der Waals surface area (Å²) in [5.74, 6) is 0. The van der Waals surface area contributed by atoms with E-state index in [0.717, 1.165) is 16.0 Å². The molecule has 3 aromatic rings. The molecule has 80 valence electrons. The van der Waals surface area contributed by atoms with Gasteiger partial charge < -0.3 is 4.98 Å². The van der Waals surface area contributed by atoms with Gasteiger partial charge in [-0.2, -0.15) is 0 Å². The van der Waals surface area contributed by atoms with Crippen molar-refractivity contribution in [2.24, 2.45) is 0 Å². The molecular weight excluding hydrogens is 220 g/mol. The number of imidazole rings is 1. The number of benzene rings is 1. The Balaban J connectivity index is 2.39. The first-order valence-electron chi connectivity index (χ1n) is 5.02. The second-order valence-corrected chi connectivity index (χ2v) is 4.93. The number of para-hydroxylation sites is 2. The molecule has 0 bridgehead atoms. The molecule has 0 spiro atoms. The molecular formula is C12H10N2OS. The summed E-state index contributed by atoms with van der Waals surface area (Å²) in [4.78, 5) is 15.9. The molecule has 2 aromatic heterocycles. The molecule has 0 unspecified atom stereocenters. The number of aryl methyl sites for hydroxylation is 1. The molecule has 0 aliphatic heterocycles. The zero-order chi connectivity index (χ0) is 11.1. The van der Waals surface area contributed by atoms with Gasteiger partial charge in [0, 0.05) is 4.88 Å². The summed E-state index contributed by atoms with van der Waals surface area (Å²) in [5.41, 5.74) is 1.72. The van der Waals surface area contributed by atoms with Gasteiger partial charge in [-0.25, -0.2) is 4.79 Å². The maximum absolute atomic E-state index is 11.9. The average Bonchev–Trinajstić information content (AvgIpc) is 2.80. The van der Waals surface area contributed by atoms with Gasteiger partial charge in [0.25, 0.3) is 0 Å². The Kier molecular flexibility index (Phi) is 1.97. The number of aromatic nitrogens is 2. The first kappa shape index (κ1) is 9.42. The maximum atomic E-state index is 11.9. The first-order chi connectivity index (χ1) is 7.75. The van der Waals surface area contributed by atoms with Gasteiger partial charge in [0.05, 0.1) is 11.0 Å². The van der Waals surface area contributed by atoms with Crippen LogP contribution in [0.25, 0.3) is 16.0 Å². The van der Waals surface area contributed by atoms with E-state index in [4.69, 9.17) is 0 Å². The second-order valence-electron chi connectivity index (χ2n) is 3.67. The van der Waals surface area contributed by atoms with Crippen LogP contribution in [0.15, 0.2) is 41.2 Å². The number of aromatic amines is 1. The SMILES string of the molecule is Cc1ccc(-n2c(=O)[nH]c3ccccc32)s1. The fourth-order valence-corrected chi connectivity index (χ4v) is 2.69. The number of nitrogens with zero attached hydrogens (tertiary/aromatic N) is 1. The maximum Gasteiger partial charge on any atom is 0.331 e. The highest BCUT2D eigenvalue weighted by Gasteiger charge is 2.08. The Morgan fingerprint density at radius 3 is 2.75 bits per heavy atom. The van der Waals surface area contributed by atoms with Crippen LogP contribution in [0.2, 0.25) is 0 Å². The molecule has 0 fully saturated rings. The lowest BCUT2D eigenvalue weighted by molar-refractivity contribution is 1.04. The largest absolute Gasteiger partial charge is 0.331 e. The molecule has 0 saturated carbocycles. The Morgan fingerprint density at radius 2 is 2.00 bits per heavy atom. The fourth-order valence-electron chi connectivity index (χ4n) is 1.82.